The summed E-state index contributed by atoms with van der Waals surface area (Å²) in [6.45, 7) is 4.16. The van der Waals surface area contributed by atoms with Crippen LogP contribution in [0.5, 0.6) is 0 Å². The zero-order valence-electron chi connectivity index (χ0n) is 9.82. The summed E-state index contributed by atoms with van der Waals surface area (Å²) in [6, 6.07) is 2.66. The summed E-state index contributed by atoms with van der Waals surface area (Å²) in [5.74, 6) is -0.313. The molecule has 3 N–H and O–H groups in total. The van der Waals surface area contributed by atoms with Gasteiger partial charge in [0.25, 0.3) is 11.6 Å². The maximum Gasteiger partial charge on any atom is 0.292 e. The maximum absolute atomic E-state index is 11.7. The second kappa shape index (κ2) is 5.29. The largest absolute Gasteiger partial charge is 0.393 e. The van der Waals surface area contributed by atoms with E-state index in [1.807, 2.05) is 6.92 Å². The first-order chi connectivity index (χ1) is 7.97. The number of nitro benzene ring substituents is 1. The molecule has 0 bridgehead atoms. The first kappa shape index (κ1) is 13.0. The SMILES string of the molecule is CCCNC(=O)c1cc([N+](=O)[O-])c(N)cc1C. The molecule has 0 aliphatic heterocycles. The van der Waals surface area contributed by atoms with Gasteiger partial charge in [-0.25, -0.2) is 0 Å². The molecule has 0 unspecified atom stereocenters. The second-order valence-electron chi connectivity index (χ2n) is 3.74. The molecule has 1 rings (SSSR count). The number of amides is 1. The fraction of sp³-hybridized carbons (Fsp3) is 0.364. The minimum atomic E-state index is -0.592. The second-order valence-corrected chi connectivity index (χ2v) is 3.74. The highest BCUT2D eigenvalue weighted by atomic mass is 16.6. The van der Waals surface area contributed by atoms with E-state index >= 15 is 0 Å². The minimum Gasteiger partial charge on any atom is -0.393 e. The van der Waals surface area contributed by atoms with Crippen molar-refractivity contribution in [3.05, 3.63) is 33.4 Å². The van der Waals surface area contributed by atoms with E-state index in [-0.39, 0.29) is 17.3 Å². The van der Waals surface area contributed by atoms with Crippen LogP contribution in [0.1, 0.15) is 29.3 Å². The number of hydrogen-bond donors (Lipinski definition) is 2. The van der Waals surface area contributed by atoms with E-state index in [0.29, 0.717) is 17.7 Å². The topological polar surface area (TPSA) is 98.3 Å². The molecule has 92 valence electrons. The van der Waals surface area contributed by atoms with Crippen molar-refractivity contribution in [3.63, 3.8) is 0 Å². The summed E-state index contributed by atoms with van der Waals surface area (Å²) in [5, 5.41) is 13.4. The molecule has 0 saturated carbocycles. The number of hydrogen-bond acceptors (Lipinski definition) is 4. The third-order valence-corrected chi connectivity index (χ3v) is 2.35. The Hall–Kier alpha value is -2.11. The van der Waals surface area contributed by atoms with E-state index in [9.17, 15) is 14.9 Å². The highest BCUT2D eigenvalue weighted by Gasteiger charge is 2.18. The van der Waals surface area contributed by atoms with E-state index < -0.39 is 4.92 Å². The van der Waals surface area contributed by atoms with Gasteiger partial charge in [0.2, 0.25) is 0 Å². The average molecular weight is 237 g/mol. The summed E-state index contributed by atoms with van der Waals surface area (Å²) >= 11 is 0. The van der Waals surface area contributed by atoms with Crippen LogP contribution in [0.15, 0.2) is 12.1 Å². The quantitative estimate of drug-likeness (QED) is 0.472. The zero-order chi connectivity index (χ0) is 13.0. The molecule has 0 aromatic heterocycles. The van der Waals surface area contributed by atoms with Gasteiger partial charge in [-0.1, -0.05) is 6.92 Å². The molecule has 0 fully saturated rings. The lowest BCUT2D eigenvalue weighted by molar-refractivity contribution is -0.383. The smallest absolute Gasteiger partial charge is 0.292 e. The number of anilines is 1. The first-order valence-electron chi connectivity index (χ1n) is 5.30. The Morgan fingerprint density at radius 2 is 2.18 bits per heavy atom. The summed E-state index contributed by atoms with van der Waals surface area (Å²) in [6.07, 6.45) is 0.807. The van der Waals surface area contributed by atoms with Gasteiger partial charge in [-0.2, -0.15) is 0 Å². The number of aryl methyl sites for hydroxylation is 1. The molecule has 0 aliphatic carbocycles. The Morgan fingerprint density at radius 1 is 1.53 bits per heavy atom. The van der Waals surface area contributed by atoms with Crippen LogP contribution in [0, 0.1) is 17.0 Å². The summed E-state index contributed by atoms with van der Waals surface area (Å²) < 4.78 is 0. The number of carbonyl (C=O) groups excluding carboxylic acids is 1. The van der Waals surface area contributed by atoms with Crippen LogP contribution in [0.25, 0.3) is 0 Å². The van der Waals surface area contributed by atoms with E-state index in [0.717, 1.165) is 6.42 Å². The number of nitrogens with zero attached hydrogens (tertiary/aromatic N) is 1. The Balaban J connectivity index is 3.11. The van der Waals surface area contributed by atoms with Gasteiger partial charge in [-0.15, -0.1) is 0 Å². The minimum absolute atomic E-state index is 0.0690. The van der Waals surface area contributed by atoms with Gasteiger partial charge < -0.3 is 11.1 Å². The summed E-state index contributed by atoms with van der Waals surface area (Å²) in [5.41, 5.74) is 6.27. The van der Waals surface area contributed by atoms with E-state index in [4.69, 9.17) is 5.73 Å². The molecule has 17 heavy (non-hydrogen) atoms. The molecule has 0 spiro atoms. The first-order valence-corrected chi connectivity index (χ1v) is 5.30. The van der Waals surface area contributed by atoms with E-state index in [1.54, 1.807) is 6.92 Å². The van der Waals surface area contributed by atoms with Crippen molar-refractivity contribution in [1.82, 2.24) is 5.32 Å². The molecule has 0 radical (unpaired) electrons. The molecule has 0 heterocycles. The predicted octanol–water partition coefficient (Wildman–Crippen LogP) is 1.63. The fourth-order valence-corrected chi connectivity index (χ4v) is 1.46. The Kier molecular flexibility index (Phi) is 4.03. The molecule has 1 aromatic carbocycles. The Labute approximate surface area is 99.0 Å². The van der Waals surface area contributed by atoms with Gasteiger partial charge in [-0.05, 0) is 25.0 Å². The van der Waals surface area contributed by atoms with Crippen LogP contribution in [-0.2, 0) is 0 Å². The van der Waals surface area contributed by atoms with Crippen LogP contribution in [0.2, 0.25) is 0 Å². The van der Waals surface area contributed by atoms with Crippen LogP contribution < -0.4 is 11.1 Å². The van der Waals surface area contributed by atoms with Gasteiger partial charge in [0.1, 0.15) is 5.69 Å². The van der Waals surface area contributed by atoms with Crippen molar-refractivity contribution < 1.29 is 9.72 Å². The lowest BCUT2D eigenvalue weighted by Crippen LogP contribution is -2.25. The highest BCUT2D eigenvalue weighted by molar-refractivity contribution is 5.97. The van der Waals surface area contributed by atoms with E-state index in [1.165, 1.54) is 12.1 Å². The Bertz CT molecular complexity index is 458. The molecular formula is C11H15N3O3. The van der Waals surface area contributed by atoms with Crippen molar-refractivity contribution in [3.8, 4) is 0 Å². The number of rotatable bonds is 4. The molecule has 6 heteroatoms. The molecule has 1 amide bonds. The molecule has 1 aromatic rings. The van der Waals surface area contributed by atoms with Gasteiger partial charge in [0, 0.05) is 18.2 Å². The monoisotopic (exact) mass is 237 g/mol. The molecule has 0 atom stereocenters. The number of nitrogens with one attached hydrogen (secondary N) is 1. The summed E-state index contributed by atoms with van der Waals surface area (Å²) in [7, 11) is 0. The van der Waals surface area contributed by atoms with Crippen molar-refractivity contribution in [1.29, 1.82) is 0 Å². The third kappa shape index (κ3) is 2.93. The lowest BCUT2D eigenvalue weighted by Gasteiger charge is -2.07. The van der Waals surface area contributed by atoms with Crippen LogP contribution in [0.3, 0.4) is 0 Å². The molecule has 6 nitrogen and oxygen atoms in total. The standard InChI is InChI=1S/C11H15N3O3/c1-3-4-13-11(15)8-6-10(14(16)17)9(12)5-7(8)2/h5-6H,3-4,12H2,1-2H3,(H,13,15). The third-order valence-electron chi connectivity index (χ3n) is 2.35. The zero-order valence-corrected chi connectivity index (χ0v) is 9.82. The number of nitrogens with two attached hydrogens (primary N) is 1. The lowest BCUT2D eigenvalue weighted by atomic mass is 10.1. The van der Waals surface area contributed by atoms with Gasteiger partial charge in [-0.3, -0.25) is 14.9 Å². The molecule has 0 aliphatic rings. The van der Waals surface area contributed by atoms with Gasteiger partial charge >= 0.3 is 0 Å². The molecular weight excluding hydrogens is 222 g/mol. The highest BCUT2D eigenvalue weighted by Crippen LogP contribution is 2.25. The average Bonchev–Trinajstić information content (AvgIpc) is 2.25. The van der Waals surface area contributed by atoms with Gasteiger partial charge in [0.15, 0.2) is 0 Å². The predicted molar refractivity (Wildman–Crippen MR) is 64.9 cm³/mol. The van der Waals surface area contributed by atoms with Crippen LogP contribution in [-0.4, -0.2) is 17.4 Å². The molecule has 0 saturated heterocycles. The van der Waals surface area contributed by atoms with E-state index in [2.05, 4.69) is 5.32 Å². The van der Waals surface area contributed by atoms with Crippen molar-refractivity contribution in [2.75, 3.05) is 12.3 Å². The Morgan fingerprint density at radius 3 is 2.71 bits per heavy atom. The summed E-state index contributed by atoms with van der Waals surface area (Å²) in [4.78, 5) is 21.9. The maximum atomic E-state index is 11.7. The fourth-order valence-electron chi connectivity index (χ4n) is 1.46. The number of benzene rings is 1. The van der Waals surface area contributed by atoms with Crippen LogP contribution in [0.4, 0.5) is 11.4 Å². The van der Waals surface area contributed by atoms with Crippen molar-refractivity contribution in [2.45, 2.75) is 20.3 Å². The van der Waals surface area contributed by atoms with Crippen molar-refractivity contribution in [2.24, 2.45) is 0 Å². The van der Waals surface area contributed by atoms with Crippen molar-refractivity contribution >= 4 is 17.3 Å². The number of nitrogen functional groups attached to an aromatic ring is 1. The van der Waals surface area contributed by atoms with Gasteiger partial charge in [0.05, 0.1) is 4.92 Å². The van der Waals surface area contributed by atoms with Crippen LogP contribution >= 0.6 is 0 Å². The number of carbonyl (C=O) groups is 1. The number of nitro groups is 1. The normalized spacial score (nSPS) is 10.0.